The van der Waals surface area contributed by atoms with Crippen LogP contribution in [0, 0.1) is 0 Å². The molecule has 0 unspecified atom stereocenters. The molecule has 1 aliphatic rings. The second-order valence-electron chi connectivity index (χ2n) is 4.82. The Hall–Kier alpha value is -0.770. The number of hydrogen-bond acceptors (Lipinski definition) is 2. The molecule has 1 aliphatic heterocycles. The number of hydrogen-bond donors (Lipinski definition) is 1. The minimum absolute atomic E-state index is 0.540. The highest BCUT2D eigenvalue weighted by atomic mass is 35.5. The van der Waals surface area contributed by atoms with Crippen molar-refractivity contribution >= 4 is 28.8 Å². The minimum Gasteiger partial charge on any atom is -0.314 e. The average molecular weight is 284 g/mol. The minimum atomic E-state index is 0.540. The van der Waals surface area contributed by atoms with Gasteiger partial charge in [0, 0.05) is 24.9 Å². The number of pyridine rings is 1. The predicted molar refractivity (Wildman–Crippen MR) is 74.6 cm³/mol. The predicted octanol–water partition coefficient (Wildman–Crippen LogP) is 3.33. The molecule has 0 aliphatic carbocycles. The van der Waals surface area contributed by atoms with Crippen molar-refractivity contribution in [1.29, 1.82) is 0 Å². The maximum absolute atomic E-state index is 6.14. The van der Waals surface area contributed by atoms with E-state index in [-0.39, 0.29) is 0 Å². The third-order valence-electron chi connectivity index (χ3n) is 3.39. The van der Waals surface area contributed by atoms with Crippen LogP contribution in [0.15, 0.2) is 18.5 Å². The number of imidazole rings is 1. The Morgan fingerprint density at radius 1 is 1.33 bits per heavy atom. The summed E-state index contributed by atoms with van der Waals surface area (Å²) in [6.07, 6.45) is 8.62. The second-order valence-corrected chi connectivity index (χ2v) is 5.66. The van der Waals surface area contributed by atoms with E-state index >= 15 is 0 Å². The highest BCUT2D eigenvalue weighted by molar-refractivity contribution is 6.36. The summed E-state index contributed by atoms with van der Waals surface area (Å²) in [5.41, 5.74) is 1.85. The molecule has 2 aromatic rings. The van der Waals surface area contributed by atoms with Gasteiger partial charge in [-0.15, -0.1) is 0 Å². The Morgan fingerprint density at radius 2 is 2.22 bits per heavy atom. The van der Waals surface area contributed by atoms with Gasteiger partial charge >= 0.3 is 0 Å². The first kappa shape index (κ1) is 12.3. The molecule has 0 radical (unpaired) electrons. The van der Waals surface area contributed by atoms with Crippen LogP contribution in [-0.2, 0) is 6.42 Å². The summed E-state index contributed by atoms with van der Waals surface area (Å²) in [5, 5.41) is 4.76. The van der Waals surface area contributed by atoms with Crippen molar-refractivity contribution in [3.05, 3.63) is 34.2 Å². The Bertz CT molecular complexity index is 559. The Kier molecular flexibility index (Phi) is 3.46. The fourth-order valence-electron chi connectivity index (χ4n) is 2.52. The third-order valence-corrected chi connectivity index (χ3v) is 3.88. The van der Waals surface area contributed by atoms with Gasteiger partial charge in [-0.3, -0.25) is 0 Å². The molecular formula is C13H15Cl2N3. The largest absolute Gasteiger partial charge is 0.314 e. The van der Waals surface area contributed by atoms with Gasteiger partial charge in [-0.05, 0) is 25.5 Å². The van der Waals surface area contributed by atoms with E-state index in [1.165, 1.54) is 19.3 Å². The first-order chi connectivity index (χ1) is 8.72. The van der Waals surface area contributed by atoms with Gasteiger partial charge in [0.1, 0.15) is 0 Å². The van der Waals surface area contributed by atoms with E-state index in [0.717, 1.165) is 24.3 Å². The zero-order valence-corrected chi connectivity index (χ0v) is 11.5. The van der Waals surface area contributed by atoms with Gasteiger partial charge in [-0.25, -0.2) is 4.98 Å². The quantitative estimate of drug-likeness (QED) is 0.916. The van der Waals surface area contributed by atoms with Crippen LogP contribution in [0.5, 0.6) is 0 Å². The van der Waals surface area contributed by atoms with Crippen LogP contribution in [0.1, 0.15) is 25.0 Å². The summed E-state index contributed by atoms with van der Waals surface area (Å²) in [6.45, 7) is 1.12. The SMILES string of the molecule is Clc1cc(Cl)c2nc(C[C@@H]3CCCCN3)cn2c1. The monoisotopic (exact) mass is 283 g/mol. The summed E-state index contributed by atoms with van der Waals surface area (Å²) in [4.78, 5) is 4.58. The lowest BCUT2D eigenvalue weighted by atomic mass is 10.0. The van der Waals surface area contributed by atoms with Gasteiger partial charge < -0.3 is 9.72 Å². The Balaban J connectivity index is 1.86. The maximum Gasteiger partial charge on any atom is 0.155 e. The van der Waals surface area contributed by atoms with Crippen molar-refractivity contribution in [1.82, 2.24) is 14.7 Å². The lowest BCUT2D eigenvalue weighted by Crippen LogP contribution is -2.35. The van der Waals surface area contributed by atoms with E-state index < -0.39 is 0 Å². The molecule has 1 saturated heterocycles. The van der Waals surface area contributed by atoms with Crippen LogP contribution >= 0.6 is 23.2 Å². The van der Waals surface area contributed by atoms with Crippen molar-refractivity contribution in [2.45, 2.75) is 31.7 Å². The number of nitrogens with zero attached hydrogens (tertiary/aromatic N) is 2. The summed E-state index contributed by atoms with van der Waals surface area (Å²) in [5.74, 6) is 0. The van der Waals surface area contributed by atoms with E-state index in [9.17, 15) is 0 Å². The van der Waals surface area contributed by atoms with Gasteiger partial charge in [-0.2, -0.15) is 0 Å². The number of rotatable bonds is 2. The highest BCUT2D eigenvalue weighted by Crippen LogP contribution is 2.22. The van der Waals surface area contributed by atoms with Crippen molar-refractivity contribution in [3.8, 4) is 0 Å². The molecule has 96 valence electrons. The lowest BCUT2D eigenvalue weighted by molar-refractivity contribution is 0.397. The van der Waals surface area contributed by atoms with Gasteiger partial charge in [0.25, 0.3) is 0 Å². The number of nitrogens with one attached hydrogen (secondary N) is 1. The van der Waals surface area contributed by atoms with Crippen LogP contribution in [0.4, 0.5) is 0 Å². The molecule has 1 atom stereocenters. The molecule has 1 N–H and O–H groups in total. The maximum atomic E-state index is 6.14. The zero-order valence-electron chi connectivity index (χ0n) is 10.00. The molecule has 0 amide bonds. The second kappa shape index (κ2) is 5.08. The summed E-state index contributed by atoms with van der Waals surface area (Å²) in [6, 6.07) is 2.27. The number of fused-ring (bicyclic) bond motifs is 1. The topological polar surface area (TPSA) is 29.3 Å². The van der Waals surface area contributed by atoms with Crippen LogP contribution in [0.3, 0.4) is 0 Å². The molecule has 3 nitrogen and oxygen atoms in total. The number of aromatic nitrogens is 2. The molecule has 3 heterocycles. The number of piperidine rings is 1. The fraction of sp³-hybridized carbons (Fsp3) is 0.462. The van der Waals surface area contributed by atoms with Crippen molar-refractivity contribution in [2.75, 3.05) is 6.54 Å². The van der Waals surface area contributed by atoms with Crippen LogP contribution < -0.4 is 5.32 Å². The van der Waals surface area contributed by atoms with E-state index in [0.29, 0.717) is 16.1 Å². The van der Waals surface area contributed by atoms with Crippen LogP contribution in [-0.4, -0.2) is 22.0 Å². The lowest BCUT2D eigenvalue weighted by Gasteiger charge is -2.22. The van der Waals surface area contributed by atoms with E-state index in [1.807, 2.05) is 16.8 Å². The Labute approximate surface area is 116 Å². The molecule has 0 spiro atoms. The van der Waals surface area contributed by atoms with Crippen molar-refractivity contribution in [3.63, 3.8) is 0 Å². The highest BCUT2D eigenvalue weighted by Gasteiger charge is 2.15. The molecule has 0 saturated carbocycles. The van der Waals surface area contributed by atoms with Gasteiger partial charge in [0.15, 0.2) is 5.65 Å². The number of halogens is 2. The molecule has 18 heavy (non-hydrogen) atoms. The van der Waals surface area contributed by atoms with Crippen molar-refractivity contribution < 1.29 is 0 Å². The first-order valence-electron chi connectivity index (χ1n) is 6.28. The third kappa shape index (κ3) is 2.48. The summed E-state index contributed by atoms with van der Waals surface area (Å²) in [7, 11) is 0. The smallest absolute Gasteiger partial charge is 0.155 e. The van der Waals surface area contributed by atoms with Crippen LogP contribution in [0.2, 0.25) is 10.0 Å². The fourth-order valence-corrected chi connectivity index (χ4v) is 3.05. The standard InChI is InChI=1S/C13H15Cl2N3/c14-9-5-12(15)13-17-11(8-18(13)7-9)6-10-3-1-2-4-16-10/h5,7-8,10,16H,1-4,6H2/t10-/m0/s1. The molecule has 0 aromatic carbocycles. The summed E-state index contributed by atoms with van der Waals surface area (Å²) < 4.78 is 1.91. The molecular weight excluding hydrogens is 269 g/mol. The molecule has 2 aromatic heterocycles. The van der Waals surface area contributed by atoms with Gasteiger partial charge in [0.05, 0.1) is 15.7 Å². The molecule has 5 heteroatoms. The van der Waals surface area contributed by atoms with Gasteiger partial charge in [-0.1, -0.05) is 29.6 Å². The van der Waals surface area contributed by atoms with E-state index in [1.54, 1.807) is 6.07 Å². The summed E-state index contributed by atoms with van der Waals surface area (Å²) >= 11 is 12.1. The zero-order chi connectivity index (χ0) is 12.5. The average Bonchev–Trinajstić information content (AvgIpc) is 2.73. The Morgan fingerprint density at radius 3 is 3.00 bits per heavy atom. The van der Waals surface area contributed by atoms with Crippen molar-refractivity contribution in [2.24, 2.45) is 0 Å². The van der Waals surface area contributed by atoms with Crippen LogP contribution in [0.25, 0.3) is 5.65 Å². The normalized spacial score (nSPS) is 20.4. The first-order valence-corrected chi connectivity index (χ1v) is 7.04. The van der Waals surface area contributed by atoms with E-state index in [2.05, 4.69) is 10.3 Å². The van der Waals surface area contributed by atoms with Gasteiger partial charge in [0.2, 0.25) is 0 Å². The van der Waals surface area contributed by atoms with E-state index in [4.69, 9.17) is 23.2 Å². The molecule has 0 bridgehead atoms. The molecule has 1 fully saturated rings. The molecule has 3 rings (SSSR count).